The summed E-state index contributed by atoms with van der Waals surface area (Å²) in [5.41, 5.74) is 1.18. The van der Waals surface area contributed by atoms with Gasteiger partial charge in [-0.2, -0.15) is 0 Å². The smallest absolute Gasteiger partial charge is 0.0452 e. The molecule has 0 heterocycles. The Morgan fingerprint density at radius 3 is 2.25 bits per heavy atom. The van der Waals surface area contributed by atoms with E-state index in [0.717, 1.165) is 23.8 Å². The van der Waals surface area contributed by atoms with E-state index in [-0.39, 0.29) is 0 Å². The molecule has 1 aromatic carbocycles. The maximum atomic E-state index is 5.92. The number of hydrogen-bond donors (Lipinski definition) is 0. The van der Waals surface area contributed by atoms with E-state index in [1.165, 1.54) is 50.5 Å². The highest BCUT2D eigenvalue weighted by Crippen LogP contribution is 2.26. The molecular weight excluding hydrogens is 287 g/mol. The lowest BCUT2D eigenvalue weighted by Gasteiger charge is -2.20. The van der Waals surface area contributed by atoms with Crippen molar-refractivity contribution in [3.8, 4) is 0 Å². The van der Waals surface area contributed by atoms with Crippen LogP contribution in [-0.4, -0.2) is 0 Å². The number of benzene rings is 1. The van der Waals surface area contributed by atoms with Gasteiger partial charge in [0.25, 0.3) is 0 Å². The second kappa shape index (κ2) is 10.5. The predicted octanol–water partition coefficient (Wildman–Crippen LogP) is 7.31. The number of aryl methyl sites for hydroxylation is 1. The van der Waals surface area contributed by atoms with Gasteiger partial charge in [-0.3, -0.25) is 0 Å². The van der Waals surface area contributed by atoms with Crippen LogP contribution in [-0.2, 0) is 6.42 Å². The molecular formula is C18H28Cl2. The Labute approximate surface area is 134 Å². The highest BCUT2D eigenvalue weighted by Gasteiger charge is 2.11. The van der Waals surface area contributed by atoms with Crippen LogP contribution in [0.3, 0.4) is 0 Å². The molecule has 0 N–H and O–H groups in total. The van der Waals surface area contributed by atoms with Gasteiger partial charge < -0.3 is 0 Å². The fourth-order valence-electron chi connectivity index (χ4n) is 2.88. The molecule has 1 fully saturated rings. The van der Waals surface area contributed by atoms with Crippen molar-refractivity contribution in [3.63, 3.8) is 0 Å². The highest BCUT2D eigenvalue weighted by molar-refractivity contribution is 6.35. The normalized spacial score (nSPS) is 15.6. The Balaban J connectivity index is 0.000000204. The Kier molecular flexibility index (Phi) is 9.39. The van der Waals surface area contributed by atoms with Crippen molar-refractivity contribution in [1.82, 2.24) is 0 Å². The zero-order valence-corrected chi connectivity index (χ0v) is 14.4. The van der Waals surface area contributed by atoms with E-state index in [9.17, 15) is 0 Å². The van der Waals surface area contributed by atoms with Gasteiger partial charge in [-0.25, -0.2) is 0 Å². The monoisotopic (exact) mass is 314 g/mol. The van der Waals surface area contributed by atoms with E-state index < -0.39 is 0 Å². The lowest BCUT2D eigenvalue weighted by molar-refractivity contribution is 0.336. The third-order valence-electron chi connectivity index (χ3n) is 3.96. The minimum atomic E-state index is 0.704. The van der Waals surface area contributed by atoms with Crippen LogP contribution in [0.25, 0.3) is 0 Å². The quantitative estimate of drug-likeness (QED) is 0.546. The van der Waals surface area contributed by atoms with E-state index in [2.05, 4.69) is 13.8 Å². The molecule has 114 valence electrons. The molecule has 0 unspecified atom stereocenters. The number of halogens is 2. The molecule has 0 bridgehead atoms. The van der Waals surface area contributed by atoms with Gasteiger partial charge in [0.2, 0.25) is 0 Å². The molecule has 1 saturated carbocycles. The Morgan fingerprint density at radius 1 is 1.00 bits per heavy atom. The Bertz CT molecular complexity index is 365. The van der Waals surface area contributed by atoms with Gasteiger partial charge in [-0.05, 0) is 30.0 Å². The number of hydrogen-bond acceptors (Lipinski definition) is 0. The predicted molar refractivity (Wildman–Crippen MR) is 91.9 cm³/mol. The molecule has 0 nitrogen and oxygen atoms in total. The van der Waals surface area contributed by atoms with Crippen molar-refractivity contribution < 1.29 is 0 Å². The molecule has 2 rings (SSSR count). The van der Waals surface area contributed by atoms with E-state index >= 15 is 0 Å². The van der Waals surface area contributed by atoms with Gasteiger partial charge in [0.05, 0.1) is 0 Å². The van der Waals surface area contributed by atoms with Crippen LogP contribution in [0, 0.1) is 5.92 Å². The lowest BCUT2D eigenvalue weighted by Crippen LogP contribution is -2.04. The molecule has 0 saturated heterocycles. The van der Waals surface area contributed by atoms with Gasteiger partial charge >= 0.3 is 0 Å². The van der Waals surface area contributed by atoms with Crippen molar-refractivity contribution in [2.75, 3.05) is 0 Å². The van der Waals surface area contributed by atoms with Crippen LogP contribution >= 0.6 is 23.2 Å². The first-order valence-electron chi connectivity index (χ1n) is 8.11. The van der Waals surface area contributed by atoms with Gasteiger partial charge in [-0.1, -0.05) is 94.5 Å². The molecule has 1 aromatic rings. The minimum Gasteiger partial charge on any atom is -0.0843 e. The molecule has 1 aliphatic carbocycles. The summed E-state index contributed by atoms with van der Waals surface area (Å²) in [5.74, 6) is 1.10. The van der Waals surface area contributed by atoms with Gasteiger partial charge in [0.15, 0.2) is 0 Å². The van der Waals surface area contributed by atoms with Gasteiger partial charge in [0.1, 0.15) is 0 Å². The van der Waals surface area contributed by atoms with Crippen LogP contribution in [0.5, 0.6) is 0 Å². The van der Waals surface area contributed by atoms with Crippen molar-refractivity contribution in [1.29, 1.82) is 0 Å². The van der Waals surface area contributed by atoms with E-state index in [0.29, 0.717) is 5.02 Å². The first-order chi connectivity index (χ1) is 9.67. The van der Waals surface area contributed by atoms with Crippen LogP contribution in [0.4, 0.5) is 0 Å². The van der Waals surface area contributed by atoms with Gasteiger partial charge in [0, 0.05) is 10.0 Å². The summed E-state index contributed by atoms with van der Waals surface area (Å²) in [4.78, 5) is 0. The standard InChI is InChI=1S/C9H10Cl2.C9H18/c1-2-3-7-4-5-8(10)6-9(7)11;1-2-6-9-7-4-3-5-8-9/h4-6H,2-3H2,1H3;9H,2-8H2,1H3. The zero-order chi connectivity index (χ0) is 14.8. The van der Waals surface area contributed by atoms with E-state index in [4.69, 9.17) is 23.2 Å². The third-order valence-corrected chi connectivity index (χ3v) is 4.54. The summed E-state index contributed by atoms with van der Waals surface area (Å²) in [5, 5.41) is 1.48. The van der Waals surface area contributed by atoms with Crippen LogP contribution in [0.1, 0.15) is 70.8 Å². The molecule has 2 heteroatoms. The molecule has 20 heavy (non-hydrogen) atoms. The maximum Gasteiger partial charge on any atom is 0.0452 e. The second-order valence-corrected chi connectivity index (χ2v) is 6.62. The molecule has 0 amide bonds. The summed E-state index contributed by atoms with van der Waals surface area (Å²) in [6.07, 6.45) is 12.6. The highest BCUT2D eigenvalue weighted by atomic mass is 35.5. The van der Waals surface area contributed by atoms with Crippen LogP contribution in [0.2, 0.25) is 10.0 Å². The van der Waals surface area contributed by atoms with E-state index in [1.807, 2.05) is 12.1 Å². The lowest BCUT2D eigenvalue weighted by atomic mass is 9.86. The van der Waals surface area contributed by atoms with E-state index in [1.54, 1.807) is 6.07 Å². The summed E-state index contributed by atoms with van der Waals surface area (Å²) < 4.78 is 0. The topological polar surface area (TPSA) is 0 Å². The first-order valence-corrected chi connectivity index (χ1v) is 8.86. The molecule has 0 aliphatic heterocycles. The van der Waals surface area contributed by atoms with Crippen molar-refractivity contribution in [3.05, 3.63) is 33.8 Å². The van der Waals surface area contributed by atoms with Crippen LogP contribution < -0.4 is 0 Å². The molecule has 0 aromatic heterocycles. The Hall–Kier alpha value is -0.200. The average Bonchev–Trinajstić information content (AvgIpc) is 2.44. The molecule has 0 radical (unpaired) electrons. The summed E-state index contributed by atoms with van der Waals surface area (Å²) >= 11 is 11.7. The maximum absolute atomic E-state index is 5.92. The zero-order valence-electron chi connectivity index (χ0n) is 12.9. The summed E-state index contributed by atoms with van der Waals surface area (Å²) in [6, 6.07) is 5.64. The SMILES string of the molecule is CCCC1CCCCC1.CCCc1ccc(Cl)cc1Cl. The van der Waals surface area contributed by atoms with Crippen LogP contribution in [0.15, 0.2) is 18.2 Å². The molecule has 1 aliphatic rings. The second-order valence-electron chi connectivity index (χ2n) is 5.78. The van der Waals surface area contributed by atoms with Crippen molar-refractivity contribution in [2.24, 2.45) is 5.92 Å². The van der Waals surface area contributed by atoms with Gasteiger partial charge in [-0.15, -0.1) is 0 Å². The average molecular weight is 315 g/mol. The number of rotatable bonds is 4. The molecule has 0 spiro atoms. The first kappa shape index (κ1) is 17.9. The largest absolute Gasteiger partial charge is 0.0843 e. The third kappa shape index (κ3) is 6.99. The fourth-order valence-corrected chi connectivity index (χ4v) is 3.38. The Morgan fingerprint density at radius 2 is 1.70 bits per heavy atom. The summed E-state index contributed by atoms with van der Waals surface area (Å²) in [6.45, 7) is 4.43. The summed E-state index contributed by atoms with van der Waals surface area (Å²) in [7, 11) is 0. The minimum absolute atomic E-state index is 0.704. The van der Waals surface area contributed by atoms with Crippen molar-refractivity contribution >= 4 is 23.2 Å². The van der Waals surface area contributed by atoms with Crippen molar-refractivity contribution in [2.45, 2.75) is 71.6 Å². The molecule has 0 atom stereocenters. The fraction of sp³-hybridized carbons (Fsp3) is 0.667.